The molecule has 3 rings (SSSR count). The van der Waals surface area contributed by atoms with Crippen LogP contribution in [0.1, 0.15) is 34.3 Å². The highest BCUT2D eigenvalue weighted by atomic mass is 32.2. The van der Waals surface area contributed by atoms with E-state index in [1.54, 1.807) is 24.1 Å². The van der Waals surface area contributed by atoms with Gasteiger partial charge in [0.2, 0.25) is 10.0 Å². The summed E-state index contributed by atoms with van der Waals surface area (Å²) in [6, 6.07) is 12.5. The van der Waals surface area contributed by atoms with E-state index in [9.17, 15) is 13.2 Å². The van der Waals surface area contributed by atoms with Crippen molar-refractivity contribution < 1.29 is 17.9 Å². The first-order valence-electron chi connectivity index (χ1n) is 9.32. The molecule has 1 fully saturated rings. The third kappa shape index (κ3) is 4.05. The van der Waals surface area contributed by atoms with E-state index < -0.39 is 10.0 Å². The van der Waals surface area contributed by atoms with E-state index in [0.717, 1.165) is 24.0 Å². The van der Waals surface area contributed by atoms with Crippen molar-refractivity contribution in [3.8, 4) is 5.75 Å². The summed E-state index contributed by atoms with van der Waals surface area (Å²) in [7, 11) is -0.541. The van der Waals surface area contributed by atoms with Gasteiger partial charge in [0, 0.05) is 32.2 Å². The van der Waals surface area contributed by atoms with E-state index in [4.69, 9.17) is 4.74 Å². The van der Waals surface area contributed by atoms with Crippen LogP contribution in [0.15, 0.2) is 47.4 Å². The Kier molecular flexibility index (Phi) is 6.05. The number of sulfonamides is 1. The summed E-state index contributed by atoms with van der Waals surface area (Å²) >= 11 is 0. The molecule has 0 aliphatic carbocycles. The van der Waals surface area contributed by atoms with E-state index in [1.165, 1.54) is 17.5 Å². The maximum Gasteiger partial charge on any atom is 0.253 e. The second-order valence-electron chi connectivity index (χ2n) is 7.06. The van der Waals surface area contributed by atoms with E-state index in [-0.39, 0.29) is 16.6 Å². The lowest BCUT2D eigenvalue weighted by Crippen LogP contribution is -2.29. The molecule has 0 atom stereocenters. The van der Waals surface area contributed by atoms with Crippen molar-refractivity contribution in [3.05, 3.63) is 59.2 Å². The molecule has 0 saturated carbocycles. The molecule has 150 valence electrons. The van der Waals surface area contributed by atoms with Crippen LogP contribution >= 0.6 is 0 Å². The van der Waals surface area contributed by atoms with Gasteiger partial charge in [0.1, 0.15) is 10.6 Å². The zero-order valence-corrected chi connectivity index (χ0v) is 17.3. The van der Waals surface area contributed by atoms with Crippen LogP contribution in [0.25, 0.3) is 0 Å². The second kappa shape index (κ2) is 8.32. The van der Waals surface area contributed by atoms with Gasteiger partial charge in [-0.25, -0.2) is 8.42 Å². The summed E-state index contributed by atoms with van der Waals surface area (Å²) in [6.45, 7) is 3.45. The van der Waals surface area contributed by atoms with E-state index in [2.05, 4.69) is 0 Å². The molecule has 2 aromatic rings. The van der Waals surface area contributed by atoms with Crippen LogP contribution in [-0.2, 0) is 16.6 Å². The highest BCUT2D eigenvalue weighted by Crippen LogP contribution is 2.30. The summed E-state index contributed by atoms with van der Waals surface area (Å²) in [4.78, 5) is 14.6. The molecule has 0 aromatic heterocycles. The molecule has 2 aromatic carbocycles. The lowest BCUT2D eigenvalue weighted by Gasteiger charge is -2.21. The van der Waals surface area contributed by atoms with Gasteiger partial charge in [-0.3, -0.25) is 4.79 Å². The molecule has 6 nitrogen and oxygen atoms in total. The van der Waals surface area contributed by atoms with Crippen molar-refractivity contribution in [3.63, 3.8) is 0 Å². The fourth-order valence-electron chi connectivity index (χ4n) is 3.41. The second-order valence-corrected chi connectivity index (χ2v) is 8.97. The average molecular weight is 403 g/mol. The van der Waals surface area contributed by atoms with Crippen molar-refractivity contribution in [1.82, 2.24) is 9.21 Å². The van der Waals surface area contributed by atoms with Crippen LogP contribution in [0.2, 0.25) is 0 Å². The number of benzene rings is 2. The Hall–Kier alpha value is -2.38. The molecule has 1 heterocycles. The summed E-state index contributed by atoms with van der Waals surface area (Å²) < 4.78 is 32.8. The van der Waals surface area contributed by atoms with Crippen LogP contribution < -0.4 is 4.74 Å². The molecule has 0 spiro atoms. The van der Waals surface area contributed by atoms with Gasteiger partial charge in [0.15, 0.2) is 0 Å². The molecule has 0 radical (unpaired) electrons. The molecule has 28 heavy (non-hydrogen) atoms. The van der Waals surface area contributed by atoms with Gasteiger partial charge < -0.3 is 9.64 Å². The normalized spacial score (nSPS) is 14.8. The maximum absolute atomic E-state index is 13.0. The summed E-state index contributed by atoms with van der Waals surface area (Å²) in [5, 5.41) is 0. The van der Waals surface area contributed by atoms with E-state index in [0.29, 0.717) is 25.2 Å². The van der Waals surface area contributed by atoms with Crippen molar-refractivity contribution in [2.24, 2.45) is 0 Å². The Bertz CT molecular complexity index is 966. The topological polar surface area (TPSA) is 66.9 Å². The van der Waals surface area contributed by atoms with Gasteiger partial charge in [-0.15, -0.1) is 0 Å². The largest absolute Gasteiger partial charge is 0.495 e. The lowest BCUT2D eigenvalue weighted by atomic mass is 10.1. The van der Waals surface area contributed by atoms with Crippen LogP contribution in [0.4, 0.5) is 0 Å². The van der Waals surface area contributed by atoms with Gasteiger partial charge in [-0.1, -0.05) is 24.3 Å². The number of nitrogens with zero attached hydrogens (tertiary/aromatic N) is 2. The zero-order valence-electron chi connectivity index (χ0n) is 16.5. The third-order valence-corrected chi connectivity index (χ3v) is 7.03. The number of rotatable bonds is 6. The number of hydrogen-bond acceptors (Lipinski definition) is 4. The van der Waals surface area contributed by atoms with E-state index >= 15 is 0 Å². The number of amides is 1. The standard InChI is InChI=1S/C21H26N2O4S/c1-16-8-4-5-9-18(16)15-22(2)21(24)17-10-11-19(27-3)20(14-17)28(25,26)23-12-6-7-13-23/h4-5,8-11,14H,6-7,12-13,15H2,1-3H3. The molecule has 1 amide bonds. The van der Waals surface area contributed by atoms with Crippen molar-refractivity contribution >= 4 is 15.9 Å². The minimum Gasteiger partial charge on any atom is -0.495 e. The Labute approximate surface area is 166 Å². The van der Waals surface area contributed by atoms with E-state index in [1.807, 2.05) is 31.2 Å². The monoisotopic (exact) mass is 402 g/mol. The SMILES string of the molecule is COc1ccc(C(=O)N(C)Cc2ccccc2C)cc1S(=O)(=O)N1CCCC1. The molecule has 1 aliphatic heterocycles. The lowest BCUT2D eigenvalue weighted by molar-refractivity contribution is 0.0784. The van der Waals surface area contributed by atoms with Crippen LogP contribution in [0, 0.1) is 6.92 Å². The molecule has 7 heteroatoms. The van der Waals surface area contributed by atoms with Crippen LogP contribution in [0.3, 0.4) is 0 Å². The summed E-state index contributed by atoms with van der Waals surface area (Å²) in [5.41, 5.74) is 2.49. The highest BCUT2D eigenvalue weighted by molar-refractivity contribution is 7.89. The molecule has 0 bridgehead atoms. The average Bonchev–Trinajstić information content (AvgIpc) is 3.24. The van der Waals surface area contributed by atoms with Crippen molar-refractivity contribution in [2.75, 3.05) is 27.2 Å². The highest BCUT2D eigenvalue weighted by Gasteiger charge is 2.31. The molecule has 1 aliphatic rings. The molecular weight excluding hydrogens is 376 g/mol. The minimum absolute atomic E-state index is 0.0482. The van der Waals surface area contributed by atoms with Crippen LogP contribution in [-0.4, -0.2) is 50.8 Å². The first-order chi connectivity index (χ1) is 13.3. The summed E-state index contributed by atoms with van der Waals surface area (Å²) in [5.74, 6) is 0.0220. The predicted octanol–water partition coefficient (Wildman–Crippen LogP) is 3.06. The quantitative estimate of drug-likeness (QED) is 0.745. The van der Waals surface area contributed by atoms with Crippen molar-refractivity contribution in [2.45, 2.75) is 31.2 Å². The summed E-state index contributed by atoms with van der Waals surface area (Å²) in [6.07, 6.45) is 1.69. The van der Waals surface area contributed by atoms with Gasteiger partial charge in [0.25, 0.3) is 5.91 Å². The Morgan fingerprint density at radius 2 is 1.82 bits per heavy atom. The Balaban J connectivity index is 1.90. The smallest absolute Gasteiger partial charge is 0.253 e. The number of carbonyl (C=O) groups excluding carboxylic acids is 1. The van der Waals surface area contributed by atoms with Crippen LogP contribution in [0.5, 0.6) is 5.75 Å². The van der Waals surface area contributed by atoms with Crippen molar-refractivity contribution in [1.29, 1.82) is 0 Å². The maximum atomic E-state index is 13.0. The number of ether oxygens (including phenoxy) is 1. The first kappa shape index (κ1) is 20.4. The molecule has 1 saturated heterocycles. The number of aryl methyl sites for hydroxylation is 1. The molecule has 0 N–H and O–H groups in total. The van der Waals surface area contributed by atoms with Gasteiger partial charge in [-0.05, 0) is 49.1 Å². The van der Waals surface area contributed by atoms with Gasteiger partial charge >= 0.3 is 0 Å². The van der Waals surface area contributed by atoms with Gasteiger partial charge in [-0.2, -0.15) is 4.31 Å². The Morgan fingerprint density at radius 3 is 2.46 bits per heavy atom. The fraction of sp³-hybridized carbons (Fsp3) is 0.381. The Morgan fingerprint density at radius 1 is 1.14 bits per heavy atom. The molecular formula is C21H26N2O4S. The number of carbonyl (C=O) groups is 1. The first-order valence-corrected chi connectivity index (χ1v) is 10.8. The number of methoxy groups -OCH3 is 1. The minimum atomic E-state index is -3.69. The third-order valence-electron chi connectivity index (χ3n) is 5.11. The van der Waals surface area contributed by atoms with Gasteiger partial charge in [0.05, 0.1) is 7.11 Å². The predicted molar refractivity (Wildman–Crippen MR) is 108 cm³/mol. The number of hydrogen-bond donors (Lipinski definition) is 0. The molecule has 0 unspecified atom stereocenters. The zero-order chi connectivity index (χ0) is 20.3. The fourth-order valence-corrected chi connectivity index (χ4v) is 5.11.